The Morgan fingerprint density at radius 1 is 1.21 bits per heavy atom. The first kappa shape index (κ1) is 15.8. The predicted octanol–water partition coefficient (Wildman–Crippen LogP) is 3.27. The molecule has 2 aromatic heterocycles. The molecule has 2 fully saturated rings. The number of thiophene rings is 1. The number of pyridine rings is 1. The van der Waals surface area contributed by atoms with Gasteiger partial charge in [0.25, 0.3) is 5.91 Å². The van der Waals surface area contributed by atoms with Gasteiger partial charge in [-0.15, -0.1) is 0 Å². The quantitative estimate of drug-likeness (QED) is 0.860. The lowest BCUT2D eigenvalue weighted by molar-refractivity contribution is 0.0673. The molecule has 0 bridgehead atoms. The van der Waals surface area contributed by atoms with Crippen molar-refractivity contribution in [1.29, 1.82) is 0 Å². The number of hydrogen-bond donors (Lipinski definition) is 0. The summed E-state index contributed by atoms with van der Waals surface area (Å²) in [6.45, 7) is 4.93. The first-order valence-corrected chi connectivity index (χ1v) is 9.62. The third-order valence-electron chi connectivity index (χ3n) is 5.35. The van der Waals surface area contributed by atoms with Gasteiger partial charge in [-0.1, -0.05) is 6.07 Å². The lowest BCUT2D eigenvalue weighted by Crippen LogP contribution is -2.45. The summed E-state index contributed by atoms with van der Waals surface area (Å²) >= 11 is 1.59. The van der Waals surface area contributed by atoms with E-state index in [2.05, 4.69) is 26.9 Å². The minimum atomic E-state index is 0.204. The number of carbonyl (C=O) groups is 1. The molecule has 2 saturated heterocycles. The summed E-state index contributed by atoms with van der Waals surface area (Å²) in [5, 5.41) is 3.94. The van der Waals surface area contributed by atoms with Crippen LogP contribution in [0.3, 0.4) is 0 Å². The predicted molar refractivity (Wildman–Crippen MR) is 96.0 cm³/mol. The molecule has 1 atom stereocenters. The minimum absolute atomic E-state index is 0.204. The molecule has 0 aromatic carbocycles. The summed E-state index contributed by atoms with van der Waals surface area (Å²) < 4.78 is 0. The second-order valence-corrected chi connectivity index (χ2v) is 7.90. The average Bonchev–Trinajstić information content (AvgIpc) is 3.26. The van der Waals surface area contributed by atoms with E-state index < -0.39 is 0 Å². The van der Waals surface area contributed by atoms with E-state index in [1.54, 1.807) is 11.3 Å². The monoisotopic (exact) mass is 341 g/mol. The number of aromatic nitrogens is 1. The Morgan fingerprint density at radius 2 is 2.17 bits per heavy atom. The number of amides is 1. The van der Waals surface area contributed by atoms with E-state index in [0.717, 1.165) is 50.4 Å². The van der Waals surface area contributed by atoms with E-state index >= 15 is 0 Å². The molecular formula is C19H23N3OS. The number of likely N-dealkylation sites (tertiary alicyclic amines) is 2. The standard InChI is InChI=1S/C19H23N3OS/c23-18(16-5-11-24-13-16)22-10-7-19(15-22)6-3-9-21(14-19)12-17-4-1-2-8-20-17/h1-2,4-5,8,11,13H,3,6-7,9-10,12,14-15H2/t19-/m1/s1. The van der Waals surface area contributed by atoms with E-state index in [0.29, 0.717) is 0 Å². The number of rotatable bonds is 3. The fourth-order valence-electron chi connectivity index (χ4n) is 4.18. The molecule has 1 amide bonds. The molecule has 2 aliphatic rings. The van der Waals surface area contributed by atoms with Crippen LogP contribution >= 0.6 is 11.3 Å². The van der Waals surface area contributed by atoms with Crippen LogP contribution in [0.1, 0.15) is 35.3 Å². The molecule has 2 aliphatic heterocycles. The van der Waals surface area contributed by atoms with E-state index in [4.69, 9.17) is 0 Å². The molecule has 5 heteroatoms. The van der Waals surface area contributed by atoms with Gasteiger partial charge in [-0.25, -0.2) is 0 Å². The molecule has 2 aromatic rings. The maximum atomic E-state index is 12.6. The summed E-state index contributed by atoms with van der Waals surface area (Å²) in [7, 11) is 0. The molecule has 0 saturated carbocycles. The lowest BCUT2D eigenvalue weighted by Gasteiger charge is -2.40. The van der Waals surface area contributed by atoms with Gasteiger partial charge in [0, 0.05) is 43.2 Å². The number of hydrogen-bond acceptors (Lipinski definition) is 4. The fourth-order valence-corrected chi connectivity index (χ4v) is 4.81. The number of piperidine rings is 1. The highest BCUT2D eigenvalue weighted by Gasteiger charge is 2.42. The van der Waals surface area contributed by atoms with Gasteiger partial charge >= 0.3 is 0 Å². The molecule has 0 unspecified atom stereocenters. The minimum Gasteiger partial charge on any atom is -0.338 e. The zero-order valence-corrected chi connectivity index (χ0v) is 14.7. The van der Waals surface area contributed by atoms with Crippen molar-refractivity contribution in [3.8, 4) is 0 Å². The lowest BCUT2D eigenvalue weighted by atomic mass is 9.79. The van der Waals surface area contributed by atoms with Crippen LogP contribution in [0, 0.1) is 5.41 Å². The molecule has 126 valence electrons. The first-order chi connectivity index (χ1) is 11.7. The van der Waals surface area contributed by atoms with Crippen molar-refractivity contribution in [2.45, 2.75) is 25.8 Å². The summed E-state index contributed by atoms with van der Waals surface area (Å²) in [6.07, 6.45) is 5.44. The largest absolute Gasteiger partial charge is 0.338 e. The second kappa shape index (κ2) is 6.65. The van der Waals surface area contributed by atoms with E-state index in [9.17, 15) is 4.79 Å². The van der Waals surface area contributed by atoms with Crippen LogP contribution in [0.5, 0.6) is 0 Å². The van der Waals surface area contributed by atoms with E-state index in [1.165, 1.54) is 12.8 Å². The van der Waals surface area contributed by atoms with Gasteiger partial charge in [0.1, 0.15) is 0 Å². The molecule has 0 N–H and O–H groups in total. The van der Waals surface area contributed by atoms with Crippen molar-refractivity contribution < 1.29 is 4.79 Å². The fraction of sp³-hybridized carbons (Fsp3) is 0.474. The van der Waals surface area contributed by atoms with Crippen molar-refractivity contribution in [1.82, 2.24) is 14.8 Å². The normalized spacial score (nSPS) is 24.6. The zero-order chi connectivity index (χ0) is 16.4. The smallest absolute Gasteiger partial charge is 0.254 e. The van der Waals surface area contributed by atoms with Crippen molar-refractivity contribution in [3.05, 3.63) is 52.5 Å². The Kier molecular flexibility index (Phi) is 4.37. The third-order valence-corrected chi connectivity index (χ3v) is 6.03. The molecule has 4 nitrogen and oxygen atoms in total. The van der Waals surface area contributed by atoms with Crippen LogP contribution in [-0.4, -0.2) is 46.9 Å². The van der Waals surface area contributed by atoms with Gasteiger partial charge in [-0.05, 0) is 49.4 Å². The Hall–Kier alpha value is -1.72. The van der Waals surface area contributed by atoms with Gasteiger partial charge in [0.2, 0.25) is 0 Å². The topological polar surface area (TPSA) is 36.4 Å². The van der Waals surface area contributed by atoms with Crippen LogP contribution in [0.15, 0.2) is 41.2 Å². The first-order valence-electron chi connectivity index (χ1n) is 8.68. The van der Waals surface area contributed by atoms with Crippen LogP contribution in [-0.2, 0) is 6.54 Å². The summed E-state index contributed by atoms with van der Waals surface area (Å²) in [6, 6.07) is 8.06. The van der Waals surface area contributed by atoms with E-state index in [-0.39, 0.29) is 11.3 Å². The van der Waals surface area contributed by atoms with Crippen molar-refractivity contribution in [2.75, 3.05) is 26.2 Å². The van der Waals surface area contributed by atoms with Crippen LogP contribution in [0.25, 0.3) is 0 Å². The zero-order valence-electron chi connectivity index (χ0n) is 13.9. The molecular weight excluding hydrogens is 318 g/mol. The van der Waals surface area contributed by atoms with Crippen LogP contribution in [0.2, 0.25) is 0 Å². The molecule has 0 aliphatic carbocycles. The van der Waals surface area contributed by atoms with Crippen LogP contribution in [0.4, 0.5) is 0 Å². The number of nitrogens with zero attached hydrogens (tertiary/aromatic N) is 3. The van der Waals surface area contributed by atoms with Gasteiger partial charge in [0.05, 0.1) is 11.3 Å². The molecule has 4 rings (SSSR count). The SMILES string of the molecule is O=C(c1ccsc1)N1CC[C@@]2(CCCN(Cc3ccccn3)C2)C1. The van der Waals surface area contributed by atoms with E-state index in [1.807, 2.05) is 29.1 Å². The Labute approximate surface area is 147 Å². The summed E-state index contributed by atoms with van der Waals surface area (Å²) in [5.41, 5.74) is 2.26. The second-order valence-electron chi connectivity index (χ2n) is 7.12. The van der Waals surface area contributed by atoms with Gasteiger partial charge in [-0.2, -0.15) is 11.3 Å². The summed E-state index contributed by atoms with van der Waals surface area (Å²) in [4.78, 5) is 21.7. The Morgan fingerprint density at radius 3 is 2.96 bits per heavy atom. The van der Waals surface area contributed by atoms with Gasteiger partial charge in [0.15, 0.2) is 0 Å². The average molecular weight is 341 g/mol. The highest BCUT2D eigenvalue weighted by molar-refractivity contribution is 7.08. The van der Waals surface area contributed by atoms with Gasteiger partial charge in [-0.3, -0.25) is 14.7 Å². The Bertz CT molecular complexity index is 688. The molecule has 24 heavy (non-hydrogen) atoms. The van der Waals surface area contributed by atoms with Crippen molar-refractivity contribution in [2.24, 2.45) is 5.41 Å². The van der Waals surface area contributed by atoms with Gasteiger partial charge < -0.3 is 4.90 Å². The molecule has 0 radical (unpaired) electrons. The maximum Gasteiger partial charge on any atom is 0.254 e. The van der Waals surface area contributed by atoms with Crippen molar-refractivity contribution >= 4 is 17.2 Å². The highest BCUT2D eigenvalue weighted by atomic mass is 32.1. The maximum absolute atomic E-state index is 12.6. The number of carbonyl (C=O) groups excluding carboxylic acids is 1. The van der Waals surface area contributed by atoms with Crippen LogP contribution < -0.4 is 0 Å². The van der Waals surface area contributed by atoms with Crippen molar-refractivity contribution in [3.63, 3.8) is 0 Å². The third kappa shape index (κ3) is 3.23. The molecule has 4 heterocycles. The highest BCUT2D eigenvalue weighted by Crippen LogP contribution is 2.39. The Balaban J connectivity index is 1.41. The molecule has 1 spiro atoms. The summed E-state index contributed by atoms with van der Waals surface area (Å²) in [5.74, 6) is 0.204.